The average molecular weight is 239 g/mol. The number of rotatable bonds is 2. The third-order valence-corrected chi connectivity index (χ3v) is 2.89. The van der Waals surface area contributed by atoms with Gasteiger partial charge in [-0.3, -0.25) is 4.79 Å². The van der Waals surface area contributed by atoms with Crippen LogP contribution in [0.5, 0.6) is 0 Å². The summed E-state index contributed by atoms with van der Waals surface area (Å²) in [5.41, 5.74) is -1.09. The lowest BCUT2D eigenvalue weighted by molar-refractivity contribution is 0.0696. The van der Waals surface area contributed by atoms with Crippen LogP contribution in [0.15, 0.2) is 4.79 Å². The minimum absolute atomic E-state index is 0.0221. The number of aromatic nitrogens is 1. The number of hydrogen-bond acceptors (Lipinski definition) is 3. The number of pyridine rings is 1. The molecule has 6 heteroatoms. The normalized spacial score (nSPS) is 14.5. The molecule has 0 radical (unpaired) electrons. The minimum atomic E-state index is -1.35. The molecule has 82 valence electrons. The lowest BCUT2D eigenvalue weighted by Crippen LogP contribution is -2.19. The standard InChI is InChI=1S/C10H7ClN2O3/c11-7-6(10(15)16)5(3-12)9(14)13-8(7)4-1-2-4/h4H,1-2H2,(H,13,14)(H,15,16). The van der Waals surface area contributed by atoms with Crippen molar-refractivity contribution in [2.75, 3.05) is 0 Å². The molecule has 0 saturated heterocycles. The number of nitrogens with one attached hydrogen (secondary N) is 1. The number of hydrogen-bond donors (Lipinski definition) is 2. The van der Waals surface area contributed by atoms with Gasteiger partial charge in [0, 0.05) is 11.6 Å². The highest BCUT2D eigenvalue weighted by atomic mass is 35.5. The van der Waals surface area contributed by atoms with Crippen LogP contribution in [0, 0.1) is 11.3 Å². The van der Waals surface area contributed by atoms with Crippen LogP contribution in [0.1, 0.15) is 40.4 Å². The molecule has 0 amide bonds. The van der Waals surface area contributed by atoms with E-state index < -0.39 is 22.7 Å². The third-order valence-electron chi connectivity index (χ3n) is 2.49. The van der Waals surface area contributed by atoms with E-state index in [1.165, 1.54) is 0 Å². The fourth-order valence-electron chi connectivity index (χ4n) is 1.56. The first-order chi connectivity index (χ1) is 7.56. The first-order valence-corrected chi connectivity index (χ1v) is 5.03. The number of aromatic amines is 1. The van der Waals surface area contributed by atoms with Gasteiger partial charge < -0.3 is 10.1 Å². The van der Waals surface area contributed by atoms with E-state index in [9.17, 15) is 9.59 Å². The van der Waals surface area contributed by atoms with Crippen molar-refractivity contribution in [1.82, 2.24) is 4.98 Å². The zero-order valence-corrected chi connectivity index (χ0v) is 8.84. The van der Waals surface area contributed by atoms with Gasteiger partial charge in [-0.25, -0.2) is 4.79 Å². The fraction of sp³-hybridized carbons (Fsp3) is 0.300. The summed E-state index contributed by atoms with van der Waals surface area (Å²) < 4.78 is 0. The quantitative estimate of drug-likeness (QED) is 0.816. The van der Waals surface area contributed by atoms with E-state index in [0.717, 1.165) is 12.8 Å². The number of nitrogens with zero attached hydrogens (tertiary/aromatic N) is 1. The van der Waals surface area contributed by atoms with E-state index >= 15 is 0 Å². The SMILES string of the molecule is N#Cc1c(C(=O)O)c(Cl)c(C2CC2)[nH]c1=O. The van der Waals surface area contributed by atoms with Gasteiger partial charge in [-0.2, -0.15) is 5.26 Å². The molecule has 0 aromatic carbocycles. The number of halogens is 1. The van der Waals surface area contributed by atoms with Crippen LogP contribution >= 0.6 is 11.6 Å². The number of carboxylic acid groups (broad SMARTS) is 1. The maximum Gasteiger partial charge on any atom is 0.338 e. The van der Waals surface area contributed by atoms with Gasteiger partial charge in [0.15, 0.2) is 0 Å². The van der Waals surface area contributed by atoms with Crippen LogP contribution < -0.4 is 5.56 Å². The molecule has 1 heterocycles. The minimum Gasteiger partial charge on any atom is -0.478 e. The molecular formula is C10H7ClN2O3. The van der Waals surface area contributed by atoms with Gasteiger partial charge in [-0.05, 0) is 12.8 Å². The first-order valence-electron chi connectivity index (χ1n) is 4.65. The Labute approximate surface area is 95.3 Å². The molecule has 1 aromatic rings. The molecule has 16 heavy (non-hydrogen) atoms. The Morgan fingerprint density at radius 3 is 2.62 bits per heavy atom. The third kappa shape index (κ3) is 1.57. The molecule has 5 nitrogen and oxygen atoms in total. The van der Waals surface area contributed by atoms with Crippen molar-refractivity contribution in [3.8, 4) is 6.07 Å². The maximum absolute atomic E-state index is 11.5. The molecule has 1 saturated carbocycles. The van der Waals surface area contributed by atoms with Gasteiger partial charge in [-0.15, -0.1) is 0 Å². The Morgan fingerprint density at radius 2 is 2.19 bits per heavy atom. The molecule has 0 aliphatic heterocycles. The summed E-state index contributed by atoms with van der Waals surface area (Å²) in [7, 11) is 0. The second kappa shape index (κ2) is 3.65. The number of aromatic carboxylic acids is 1. The van der Waals surface area contributed by atoms with E-state index in [-0.39, 0.29) is 10.9 Å². The highest BCUT2D eigenvalue weighted by Crippen LogP contribution is 2.42. The van der Waals surface area contributed by atoms with Crippen molar-refractivity contribution in [1.29, 1.82) is 5.26 Å². The van der Waals surface area contributed by atoms with Crippen LogP contribution in [0.3, 0.4) is 0 Å². The smallest absolute Gasteiger partial charge is 0.338 e. The van der Waals surface area contributed by atoms with Crippen molar-refractivity contribution in [2.24, 2.45) is 0 Å². The number of carbonyl (C=O) groups is 1. The topological polar surface area (TPSA) is 93.9 Å². The zero-order valence-electron chi connectivity index (χ0n) is 8.08. The monoisotopic (exact) mass is 238 g/mol. The summed E-state index contributed by atoms with van der Waals surface area (Å²) >= 11 is 5.89. The van der Waals surface area contributed by atoms with Crippen LogP contribution in [-0.2, 0) is 0 Å². The Balaban J connectivity index is 2.77. The maximum atomic E-state index is 11.5. The molecule has 0 atom stereocenters. The van der Waals surface area contributed by atoms with E-state index in [2.05, 4.69) is 4.98 Å². The van der Waals surface area contributed by atoms with Gasteiger partial charge in [0.2, 0.25) is 0 Å². The van der Waals surface area contributed by atoms with Crippen molar-refractivity contribution >= 4 is 17.6 Å². The molecule has 1 aliphatic rings. The van der Waals surface area contributed by atoms with Crippen molar-refractivity contribution in [2.45, 2.75) is 18.8 Å². The Bertz CT molecular complexity index is 567. The summed E-state index contributed by atoms with van der Waals surface area (Å²) in [6.07, 6.45) is 1.75. The van der Waals surface area contributed by atoms with E-state index in [4.69, 9.17) is 22.0 Å². The highest BCUT2D eigenvalue weighted by Gasteiger charge is 2.31. The van der Waals surface area contributed by atoms with Crippen molar-refractivity contribution in [3.05, 3.63) is 32.2 Å². The average Bonchev–Trinajstić information content (AvgIpc) is 3.03. The Kier molecular flexibility index (Phi) is 2.44. The lowest BCUT2D eigenvalue weighted by atomic mass is 10.1. The summed E-state index contributed by atoms with van der Waals surface area (Å²) in [4.78, 5) is 24.9. The molecule has 1 fully saturated rings. The van der Waals surface area contributed by atoms with Gasteiger partial charge in [0.05, 0.1) is 5.02 Å². The predicted octanol–water partition coefficient (Wildman–Crippen LogP) is 1.48. The molecule has 0 unspecified atom stereocenters. The Morgan fingerprint density at radius 1 is 1.56 bits per heavy atom. The highest BCUT2D eigenvalue weighted by molar-refractivity contribution is 6.34. The van der Waals surface area contributed by atoms with Crippen LogP contribution in [0.2, 0.25) is 5.02 Å². The number of carboxylic acids is 1. The number of H-pyrrole nitrogens is 1. The van der Waals surface area contributed by atoms with Crippen molar-refractivity contribution in [3.63, 3.8) is 0 Å². The molecule has 0 bridgehead atoms. The first kappa shape index (κ1) is 10.7. The fourth-order valence-corrected chi connectivity index (χ4v) is 1.94. The number of nitriles is 1. The lowest BCUT2D eigenvalue weighted by Gasteiger charge is -2.06. The van der Waals surface area contributed by atoms with E-state index in [1.54, 1.807) is 6.07 Å². The van der Waals surface area contributed by atoms with Crippen LogP contribution in [0.25, 0.3) is 0 Å². The second-order valence-corrected chi connectivity index (χ2v) is 4.00. The van der Waals surface area contributed by atoms with Crippen LogP contribution in [0.4, 0.5) is 0 Å². The molecule has 1 aliphatic carbocycles. The molecule has 2 rings (SSSR count). The van der Waals surface area contributed by atoms with Crippen molar-refractivity contribution < 1.29 is 9.90 Å². The second-order valence-electron chi connectivity index (χ2n) is 3.62. The summed E-state index contributed by atoms with van der Waals surface area (Å²) in [6, 6.07) is 1.56. The molecule has 1 aromatic heterocycles. The molecular weight excluding hydrogens is 232 g/mol. The summed E-state index contributed by atoms with van der Waals surface area (Å²) in [5, 5.41) is 17.6. The van der Waals surface area contributed by atoms with E-state index in [1.807, 2.05) is 0 Å². The molecule has 2 N–H and O–H groups in total. The van der Waals surface area contributed by atoms with Crippen LogP contribution in [-0.4, -0.2) is 16.1 Å². The van der Waals surface area contributed by atoms with Gasteiger partial charge in [-0.1, -0.05) is 11.6 Å². The van der Waals surface area contributed by atoms with Gasteiger partial charge >= 0.3 is 5.97 Å². The molecule has 0 spiro atoms. The van der Waals surface area contributed by atoms with Gasteiger partial charge in [0.1, 0.15) is 17.2 Å². The zero-order chi connectivity index (χ0) is 11.9. The van der Waals surface area contributed by atoms with E-state index in [0.29, 0.717) is 5.69 Å². The predicted molar refractivity (Wildman–Crippen MR) is 55.7 cm³/mol. The summed E-state index contributed by atoms with van der Waals surface area (Å²) in [6.45, 7) is 0. The Hall–Kier alpha value is -1.80. The largest absolute Gasteiger partial charge is 0.478 e. The summed E-state index contributed by atoms with van der Waals surface area (Å²) in [5.74, 6) is -1.24. The van der Waals surface area contributed by atoms with Gasteiger partial charge in [0.25, 0.3) is 5.56 Å².